The van der Waals surface area contributed by atoms with Gasteiger partial charge in [0, 0.05) is 12.0 Å². The molecule has 17 heavy (non-hydrogen) atoms. The van der Waals surface area contributed by atoms with Gasteiger partial charge in [0.15, 0.2) is 0 Å². The molecule has 1 saturated carbocycles. The summed E-state index contributed by atoms with van der Waals surface area (Å²) in [6.45, 7) is 2.16. The Balaban J connectivity index is 2.56. The van der Waals surface area contributed by atoms with E-state index in [0.717, 1.165) is 31.3 Å². The van der Waals surface area contributed by atoms with Gasteiger partial charge in [-0.3, -0.25) is 4.79 Å². The van der Waals surface area contributed by atoms with Crippen molar-refractivity contribution in [3.05, 3.63) is 5.57 Å². The van der Waals surface area contributed by atoms with E-state index in [4.69, 9.17) is 4.74 Å². The molecule has 2 unspecified atom stereocenters. The number of unbranched alkanes of at least 4 members (excludes halogenated alkanes) is 2. The SMILES string of the molecule is CCCCCC1C(=C=O)CCC1CC(=O)OC. The Kier molecular flexibility index (Phi) is 5.99. The third-order valence-corrected chi connectivity index (χ3v) is 3.71. The molecule has 0 bridgehead atoms. The summed E-state index contributed by atoms with van der Waals surface area (Å²) >= 11 is 0. The summed E-state index contributed by atoms with van der Waals surface area (Å²) in [4.78, 5) is 22.2. The molecular formula is C14H22O3. The van der Waals surface area contributed by atoms with Crippen LogP contribution in [0.4, 0.5) is 0 Å². The Bertz CT molecular complexity index is 303. The molecule has 2 atom stereocenters. The smallest absolute Gasteiger partial charge is 0.305 e. The Hall–Kier alpha value is -1.08. The summed E-state index contributed by atoms with van der Waals surface area (Å²) in [5.74, 6) is 2.46. The molecule has 0 N–H and O–H groups in total. The molecule has 0 radical (unpaired) electrons. The predicted molar refractivity (Wildman–Crippen MR) is 66.2 cm³/mol. The van der Waals surface area contributed by atoms with Crippen molar-refractivity contribution in [2.24, 2.45) is 11.8 Å². The number of carbonyl (C=O) groups is 1. The quantitative estimate of drug-likeness (QED) is 0.406. The van der Waals surface area contributed by atoms with Crippen molar-refractivity contribution < 1.29 is 14.3 Å². The van der Waals surface area contributed by atoms with Crippen LogP contribution in [0.5, 0.6) is 0 Å². The lowest BCUT2D eigenvalue weighted by atomic mass is 9.86. The number of hydrogen-bond donors (Lipinski definition) is 0. The van der Waals surface area contributed by atoms with E-state index in [1.165, 1.54) is 20.0 Å². The lowest BCUT2D eigenvalue weighted by Crippen LogP contribution is -2.15. The average molecular weight is 238 g/mol. The van der Waals surface area contributed by atoms with Crippen LogP contribution in [0.3, 0.4) is 0 Å². The average Bonchev–Trinajstić information content (AvgIpc) is 2.72. The molecule has 3 nitrogen and oxygen atoms in total. The minimum atomic E-state index is -0.164. The van der Waals surface area contributed by atoms with Gasteiger partial charge in [0.1, 0.15) is 5.94 Å². The topological polar surface area (TPSA) is 43.4 Å². The van der Waals surface area contributed by atoms with Crippen LogP contribution < -0.4 is 0 Å². The van der Waals surface area contributed by atoms with Gasteiger partial charge in [-0.1, -0.05) is 26.2 Å². The molecule has 1 rings (SSSR count). The van der Waals surface area contributed by atoms with Crippen molar-refractivity contribution in [3.8, 4) is 0 Å². The number of hydrogen-bond acceptors (Lipinski definition) is 3. The molecule has 3 heteroatoms. The lowest BCUT2D eigenvalue weighted by molar-refractivity contribution is -0.142. The lowest BCUT2D eigenvalue weighted by Gasteiger charge is -2.18. The monoisotopic (exact) mass is 238 g/mol. The van der Waals surface area contributed by atoms with E-state index in [0.29, 0.717) is 6.42 Å². The normalized spacial score (nSPS) is 23.5. The highest BCUT2D eigenvalue weighted by molar-refractivity contribution is 5.70. The molecule has 96 valence electrons. The van der Waals surface area contributed by atoms with Crippen LogP contribution in [0.1, 0.15) is 51.9 Å². The fourth-order valence-electron chi connectivity index (χ4n) is 2.70. The van der Waals surface area contributed by atoms with Crippen LogP contribution in [-0.4, -0.2) is 19.0 Å². The molecule has 1 aliphatic rings. The molecule has 0 heterocycles. The van der Waals surface area contributed by atoms with E-state index in [9.17, 15) is 9.59 Å². The molecule has 0 spiro atoms. The predicted octanol–water partition coefficient (Wildman–Crippen LogP) is 2.91. The van der Waals surface area contributed by atoms with Gasteiger partial charge in [0.25, 0.3) is 0 Å². The van der Waals surface area contributed by atoms with E-state index in [1.807, 2.05) is 0 Å². The molecule has 0 aromatic heterocycles. The first-order valence-corrected chi connectivity index (χ1v) is 6.53. The largest absolute Gasteiger partial charge is 0.469 e. The second kappa shape index (κ2) is 7.29. The first-order valence-electron chi connectivity index (χ1n) is 6.53. The molecule has 0 aromatic rings. The highest BCUT2D eigenvalue weighted by Gasteiger charge is 2.33. The van der Waals surface area contributed by atoms with Crippen molar-refractivity contribution in [1.29, 1.82) is 0 Å². The van der Waals surface area contributed by atoms with Gasteiger partial charge in [-0.15, -0.1) is 0 Å². The van der Waals surface area contributed by atoms with Gasteiger partial charge in [-0.2, -0.15) is 0 Å². The first kappa shape index (κ1) is 14.0. The molecule has 1 aliphatic carbocycles. The summed E-state index contributed by atoms with van der Waals surface area (Å²) < 4.78 is 4.71. The highest BCUT2D eigenvalue weighted by Crippen LogP contribution is 2.40. The Morgan fingerprint density at radius 3 is 2.82 bits per heavy atom. The standard InChI is InChI=1S/C14H22O3/c1-3-4-5-6-13-11(9-14(16)17-2)7-8-12(13)10-15/h11,13H,3-9H2,1-2H3. The fourth-order valence-corrected chi connectivity index (χ4v) is 2.70. The minimum absolute atomic E-state index is 0.164. The Morgan fingerprint density at radius 2 is 2.24 bits per heavy atom. The van der Waals surface area contributed by atoms with Crippen molar-refractivity contribution in [1.82, 2.24) is 0 Å². The Labute approximate surface area is 103 Å². The maximum Gasteiger partial charge on any atom is 0.305 e. The van der Waals surface area contributed by atoms with Crippen LogP contribution in [0, 0.1) is 11.8 Å². The van der Waals surface area contributed by atoms with Crippen LogP contribution in [-0.2, 0) is 14.3 Å². The van der Waals surface area contributed by atoms with Gasteiger partial charge in [-0.25, -0.2) is 4.79 Å². The minimum Gasteiger partial charge on any atom is -0.469 e. The van der Waals surface area contributed by atoms with Crippen molar-refractivity contribution in [2.45, 2.75) is 51.9 Å². The van der Waals surface area contributed by atoms with Crippen molar-refractivity contribution >= 4 is 11.9 Å². The third kappa shape index (κ3) is 4.01. The molecular weight excluding hydrogens is 216 g/mol. The Morgan fingerprint density at radius 1 is 1.47 bits per heavy atom. The summed E-state index contributed by atoms with van der Waals surface area (Å²) in [5.41, 5.74) is 0.884. The third-order valence-electron chi connectivity index (χ3n) is 3.71. The van der Waals surface area contributed by atoms with Crippen molar-refractivity contribution in [2.75, 3.05) is 7.11 Å². The van der Waals surface area contributed by atoms with E-state index < -0.39 is 0 Å². The van der Waals surface area contributed by atoms with Gasteiger partial charge in [0.05, 0.1) is 7.11 Å². The highest BCUT2D eigenvalue weighted by atomic mass is 16.5. The molecule has 0 saturated heterocycles. The van der Waals surface area contributed by atoms with Crippen LogP contribution in [0.25, 0.3) is 0 Å². The summed E-state index contributed by atoms with van der Waals surface area (Å²) in [5, 5.41) is 0. The zero-order valence-corrected chi connectivity index (χ0v) is 10.8. The maximum absolute atomic E-state index is 11.3. The molecule has 0 amide bonds. The van der Waals surface area contributed by atoms with E-state index in [2.05, 4.69) is 12.9 Å². The van der Waals surface area contributed by atoms with Gasteiger partial charge < -0.3 is 4.74 Å². The number of esters is 1. The summed E-state index contributed by atoms with van der Waals surface area (Å²) in [6, 6.07) is 0. The number of ether oxygens (including phenoxy) is 1. The van der Waals surface area contributed by atoms with Gasteiger partial charge in [-0.05, 0) is 31.1 Å². The second-order valence-electron chi connectivity index (χ2n) is 4.81. The van der Waals surface area contributed by atoms with Gasteiger partial charge >= 0.3 is 5.97 Å². The summed E-state index contributed by atoms with van der Waals surface area (Å²) in [7, 11) is 1.42. The van der Waals surface area contributed by atoms with E-state index in [1.54, 1.807) is 0 Å². The maximum atomic E-state index is 11.3. The van der Waals surface area contributed by atoms with Crippen LogP contribution >= 0.6 is 0 Å². The fraction of sp³-hybridized carbons (Fsp3) is 0.786. The van der Waals surface area contributed by atoms with E-state index >= 15 is 0 Å². The number of carbonyl (C=O) groups excluding carboxylic acids is 2. The van der Waals surface area contributed by atoms with Crippen LogP contribution in [0.15, 0.2) is 5.57 Å². The summed E-state index contributed by atoms with van der Waals surface area (Å²) in [6.07, 6.45) is 6.68. The van der Waals surface area contributed by atoms with E-state index in [-0.39, 0.29) is 17.8 Å². The first-order chi connectivity index (χ1) is 8.22. The number of allylic oxidation sites excluding steroid dienone is 1. The zero-order chi connectivity index (χ0) is 12.7. The number of methoxy groups -OCH3 is 1. The molecule has 1 fully saturated rings. The molecule has 0 aliphatic heterocycles. The van der Waals surface area contributed by atoms with Crippen LogP contribution in [0.2, 0.25) is 0 Å². The van der Waals surface area contributed by atoms with Gasteiger partial charge in [0.2, 0.25) is 0 Å². The second-order valence-corrected chi connectivity index (χ2v) is 4.81. The molecule has 0 aromatic carbocycles. The van der Waals surface area contributed by atoms with Crippen molar-refractivity contribution in [3.63, 3.8) is 0 Å². The number of rotatable bonds is 6. The zero-order valence-electron chi connectivity index (χ0n) is 10.8.